The zero-order valence-corrected chi connectivity index (χ0v) is 13.0. The molecule has 1 aromatic carbocycles. The van der Waals surface area contributed by atoms with Crippen LogP contribution in [0.2, 0.25) is 0 Å². The first-order valence-corrected chi connectivity index (χ1v) is 7.49. The van der Waals surface area contributed by atoms with Crippen molar-refractivity contribution in [3.63, 3.8) is 0 Å². The van der Waals surface area contributed by atoms with E-state index in [0.717, 1.165) is 11.1 Å². The Balaban J connectivity index is 2.17. The minimum atomic E-state index is -0.351. The fourth-order valence-corrected chi connectivity index (χ4v) is 2.91. The van der Waals surface area contributed by atoms with Gasteiger partial charge in [-0.05, 0) is 44.0 Å². The third-order valence-electron chi connectivity index (χ3n) is 3.01. The van der Waals surface area contributed by atoms with Crippen LogP contribution < -0.4 is 5.32 Å². The molecule has 0 bridgehead atoms. The molecule has 5 heteroatoms. The van der Waals surface area contributed by atoms with Crippen LogP contribution in [0, 0.1) is 13.8 Å². The third-order valence-corrected chi connectivity index (χ3v) is 4.14. The van der Waals surface area contributed by atoms with Crippen molar-refractivity contribution in [2.24, 2.45) is 0 Å². The molecule has 2 aromatic rings. The lowest BCUT2D eigenvalue weighted by Gasteiger charge is -2.05. The molecular weight excluding hydrogens is 286 g/mol. The quantitative estimate of drug-likeness (QED) is 0.874. The standard InChI is InChI=1S/C16H17NO3S/c1-4-20-16(19)14-11(3)9-13(21-14)17-15(18)12-8-6-5-7-10(12)2/h5-9H,4H2,1-3H3,(H,17,18). The van der Waals surface area contributed by atoms with Crippen molar-refractivity contribution >= 4 is 28.2 Å². The molecule has 1 heterocycles. The molecule has 0 aliphatic rings. The zero-order valence-electron chi connectivity index (χ0n) is 12.2. The molecule has 0 aliphatic heterocycles. The summed E-state index contributed by atoms with van der Waals surface area (Å²) >= 11 is 1.23. The average Bonchev–Trinajstić information content (AvgIpc) is 2.80. The molecule has 4 nitrogen and oxygen atoms in total. The number of esters is 1. The largest absolute Gasteiger partial charge is 0.462 e. The molecule has 2 rings (SSSR count). The van der Waals surface area contributed by atoms with Crippen LogP contribution in [0.5, 0.6) is 0 Å². The van der Waals surface area contributed by atoms with Crippen molar-refractivity contribution in [3.05, 3.63) is 51.9 Å². The summed E-state index contributed by atoms with van der Waals surface area (Å²) < 4.78 is 4.99. The first-order chi connectivity index (χ1) is 10.0. The number of anilines is 1. The molecule has 0 saturated carbocycles. The second-order valence-electron chi connectivity index (χ2n) is 4.61. The Morgan fingerprint density at radius 2 is 1.90 bits per heavy atom. The number of nitrogens with one attached hydrogen (secondary N) is 1. The van der Waals surface area contributed by atoms with Gasteiger partial charge in [-0.15, -0.1) is 11.3 Å². The van der Waals surface area contributed by atoms with Crippen LogP contribution >= 0.6 is 11.3 Å². The summed E-state index contributed by atoms with van der Waals surface area (Å²) in [5.74, 6) is -0.527. The fraction of sp³-hybridized carbons (Fsp3) is 0.250. The molecule has 0 saturated heterocycles. The lowest BCUT2D eigenvalue weighted by Crippen LogP contribution is -2.12. The Hall–Kier alpha value is -2.14. The van der Waals surface area contributed by atoms with E-state index in [9.17, 15) is 9.59 Å². The molecule has 1 N–H and O–H groups in total. The molecular formula is C16H17NO3S. The predicted octanol–water partition coefficient (Wildman–Crippen LogP) is 3.79. The third kappa shape index (κ3) is 3.49. The van der Waals surface area contributed by atoms with Gasteiger partial charge in [0, 0.05) is 5.56 Å². The van der Waals surface area contributed by atoms with Crippen molar-refractivity contribution < 1.29 is 14.3 Å². The number of carbonyl (C=O) groups is 2. The average molecular weight is 303 g/mol. The first-order valence-electron chi connectivity index (χ1n) is 6.67. The maximum Gasteiger partial charge on any atom is 0.348 e. The van der Waals surface area contributed by atoms with Gasteiger partial charge in [0.25, 0.3) is 5.91 Å². The molecule has 21 heavy (non-hydrogen) atoms. The summed E-state index contributed by atoms with van der Waals surface area (Å²) in [5.41, 5.74) is 2.34. The van der Waals surface area contributed by atoms with Gasteiger partial charge < -0.3 is 10.1 Å². The molecule has 1 amide bonds. The molecule has 0 radical (unpaired) electrons. The Labute approximate surface area is 127 Å². The van der Waals surface area contributed by atoms with E-state index in [2.05, 4.69) is 5.32 Å². The summed E-state index contributed by atoms with van der Waals surface area (Å²) in [6, 6.07) is 9.16. The van der Waals surface area contributed by atoms with Crippen LogP contribution in [0.25, 0.3) is 0 Å². The molecule has 0 aliphatic carbocycles. The number of amides is 1. The molecule has 1 aromatic heterocycles. The maximum atomic E-state index is 12.2. The normalized spacial score (nSPS) is 10.2. The summed E-state index contributed by atoms with van der Waals surface area (Å²) in [6.45, 7) is 5.81. The van der Waals surface area contributed by atoms with Crippen LogP contribution in [0.1, 0.15) is 38.1 Å². The predicted molar refractivity (Wildman–Crippen MR) is 84.1 cm³/mol. The van der Waals surface area contributed by atoms with E-state index in [-0.39, 0.29) is 11.9 Å². The number of benzene rings is 1. The fourth-order valence-electron chi connectivity index (χ4n) is 1.95. The summed E-state index contributed by atoms with van der Waals surface area (Å²) in [7, 11) is 0. The van der Waals surface area contributed by atoms with Gasteiger partial charge in [0.15, 0.2) is 0 Å². The smallest absolute Gasteiger partial charge is 0.348 e. The van der Waals surface area contributed by atoms with Gasteiger partial charge in [-0.3, -0.25) is 4.79 Å². The van der Waals surface area contributed by atoms with E-state index in [0.29, 0.717) is 22.0 Å². The lowest BCUT2D eigenvalue weighted by molar-refractivity contribution is 0.0531. The van der Waals surface area contributed by atoms with Crippen molar-refractivity contribution in [1.29, 1.82) is 0 Å². The summed E-state index contributed by atoms with van der Waals surface area (Å²) in [6.07, 6.45) is 0. The van der Waals surface area contributed by atoms with Crippen molar-refractivity contribution in [2.45, 2.75) is 20.8 Å². The van der Waals surface area contributed by atoms with Crippen LogP contribution in [0.4, 0.5) is 5.00 Å². The number of ether oxygens (including phenoxy) is 1. The van der Waals surface area contributed by atoms with Crippen LogP contribution in [0.3, 0.4) is 0 Å². The van der Waals surface area contributed by atoms with Gasteiger partial charge in [0.2, 0.25) is 0 Å². The van der Waals surface area contributed by atoms with E-state index in [1.807, 2.05) is 32.0 Å². The minimum absolute atomic E-state index is 0.176. The van der Waals surface area contributed by atoms with Crippen molar-refractivity contribution in [2.75, 3.05) is 11.9 Å². The molecule has 0 spiro atoms. The highest BCUT2D eigenvalue weighted by molar-refractivity contribution is 7.18. The lowest BCUT2D eigenvalue weighted by atomic mass is 10.1. The van der Waals surface area contributed by atoms with Crippen LogP contribution in [-0.2, 0) is 4.74 Å². The van der Waals surface area contributed by atoms with E-state index in [1.54, 1.807) is 19.1 Å². The molecule has 0 unspecified atom stereocenters. The highest BCUT2D eigenvalue weighted by Crippen LogP contribution is 2.28. The monoisotopic (exact) mass is 303 g/mol. The van der Waals surface area contributed by atoms with Gasteiger partial charge in [-0.25, -0.2) is 4.79 Å². The van der Waals surface area contributed by atoms with Gasteiger partial charge in [0.05, 0.1) is 11.6 Å². The van der Waals surface area contributed by atoms with Crippen molar-refractivity contribution in [1.82, 2.24) is 0 Å². The Morgan fingerprint density at radius 1 is 1.19 bits per heavy atom. The maximum absolute atomic E-state index is 12.2. The number of aryl methyl sites for hydroxylation is 2. The Kier molecular flexibility index (Phi) is 4.75. The highest BCUT2D eigenvalue weighted by atomic mass is 32.1. The highest BCUT2D eigenvalue weighted by Gasteiger charge is 2.16. The topological polar surface area (TPSA) is 55.4 Å². The van der Waals surface area contributed by atoms with Crippen molar-refractivity contribution in [3.8, 4) is 0 Å². The Bertz CT molecular complexity index is 676. The second kappa shape index (κ2) is 6.54. The molecule has 0 atom stereocenters. The number of hydrogen-bond acceptors (Lipinski definition) is 4. The number of rotatable bonds is 4. The summed E-state index contributed by atoms with van der Waals surface area (Å²) in [5, 5.41) is 3.47. The second-order valence-corrected chi connectivity index (χ2v) is 5.66. The van der Waals surface area contributed by atoms with Gasteiger partial charge in [-0.1, -0.05) is 18.2 Å². The molecule has 0 fully saturated rings. The minimum Gasteiger partial charge on any atom is -0.462 e. The van der Waals surface area contributed by atoms with E-state index in [1.165, 1.54) is 11.3 Å². The van der Waals surface area contributed by atoms with Gasteiger partial charge in [0.1, 0.15) is 4.88 Å². The van der Waals surface area contributed by atoms with Crippen LogP contribution in [0.15, 0.2) is 30.3 Å². The Morgan fingerprint density at radius 3 is 2.57 bits per heavy atom. The number of carbonyl (C=O) groups excluding carboxylic acids is 2. The number of hydrogen-bond donors (Lipinski definition) is 1. The van der Waals surface area contributed by atoms with E-state index in [4.69, 9.17) is 4.74 Å². The first kappa shape index (κ1) is 15.3. The van der Waals surface area contributed by atoms with E-state index < -0.39 is 0 Å². The van der Waals surface area contributed by atoms with E-state index >= 15 is 0 Å². The van der Waals surface area contributed by atoms with Gasteiger partial charge >= 0.3 is 5.97 Å². The SMILES string of the molecule is CCOC(=O)c1sc(NC(=O)c2ccccc2C)cc1C. The number of thiophene rings is 1. The van der Waals surface area contributed by atoms with Gasteiger partial charge in [-0.2, -0.15) is 0 Å². The zero-order chi connectivity index (χ0) is 15.4. The summed E-state index contributed by atoms with van der Waals surface area (Å²) in [4.78, 5) is 24.5. The van der Waals surface area contributed by atoms with Crippen LogP contribution in [-0.4, -0.2) is 18.5 Å². The molecule has 110 valence electrons.